The molecule has 1 heterocycles. The van der Waals surface area contributed by atoms with Gasteiger partial charge in [-0.3, -0.25) is 4.98 Å². The second kappa shape index (κ2) is 5.43. The first-order valence-electron chi connectivity index (χ1n) is 6.71. The van der Waals surface area contributed by atoms with Gasteiger partial charge >= 0.3 is 5.97 Å². The molecule has 0 radical (unpaired) electrons. The summed E-state index contributed by atoms with van der Waals surface area (Å²) in [5.74, 6) is -0.354. The lowest BCUT2D eigenvalue weighted by Crippen LogP contribution is -2.29. The Morgan fingerprint density at radius 2 is 2.15 bits per heavy atom. The van der Waals surface area contributed by atoms with Gasteiger partial charge in [-0.1, -0.05) is 24.3 Å². The minimum Gasteiger partial charge on any atom is -0.478 e. The molecule has 20 heavy (non-hydrogen) atoms. The summed E-state index contributed by atoms with van der Waals surface area (Å²) in [6.45, 7) is 1.60. The van der Waals surface area contributed by atoms with E-state index in [-0.39, 0.29) is 5.56 Å². The molecular weight excluding hydrogens is 252 g/mol. The lowest BCUT2D eigenvalue weighted by molar-refractivity contribution is 0.0696. The Hall–Kier alpha value is -2.20. The van der Waals surface area contributed by atoms with Crippen molar-refractivity contribution in [3.63, 3.8) is 0 Å². The molecule has 0 saturated carbocycles. The van der Waals surface area contributed by atoms with Crippen molar-refractivity contribution in [2.45, 2.75) is 18.9 Å². The van der Waals surface area contributed by atoms with E-state index in [0.29, 0.717) is 12.5 Å². The van der Waals surface area contributed by atoms with Gasteiger partial charge in [-0.15, -0.1) is 0 Å². The van der Waals surface area contributed by atoms with Crippen LogP contribution >= 0.6 is 0 Å². The highest BCUT2D eigenvalue weighted by molar-refractivity contribution is 5.87. The van der Waals surface area contributed by atoms with Gasteiger partial charge in [0.05, 0.1) is 11.3 Å². The average molecular weight is 268 g/mol. The molecule has 0 bridgehead atoms. The first-order valence-corrected chi connectivity index (χ1v) is 6.71. The Kier molecular flexibility index (Phi) is 3.48. The number of hydrogen-bond donors (Lipinski definition) is 2. The summed E-state index contributed by atoms with van der Waals surface area (Å²) in [7, 11) is 0. The number of rotatable bonds is 5. The van der Waals surface area contributed by atoms with Crippen molar-refractivity contribution in [1.82, 2.24) is 10.3 Å². The van der Waals surface area contributed by atoms with Crippen LogP contribution in [-0.2, 0) is 13.0 Å². The molecule has 102 valence electrons. The molecule has 1 aliphatic rings. The highest BCUT2D eigenvalue weighted by Crippen LogP contribution is 2.33. The van der Waals surface area contributed by atoms with Crippen molar-refractivity contribution in [3.8, 4) is 0 Å². The van der Waals surface area contributed by atoms with Gasteiger partial charge in [0.2, 0.25) is 0 Å². The molecule has 0 spiro atoms. The monoisotopic (exact) mass is 268 g/mol. The van der Waals surface area contributed by atoms with Gasteiger partial charge in [0, 0.05) is 25.2 Å². The number of nitrogens with one attached hydrogen (secondary N) is 1. The largest absolute Gasteiger partial charge is 0.478 e. The van der Waals surface area contributed by atoms with Gasteiger partial charge in [-0.2, -0.15) is 0 Å². The zero-order chi connectivity index (χ0) is 13.9. The lowest BCUT2D eigenvalue weighted by Gasteiger charge is -2.30. The summed E-state index contributed by atoms with van der Waals surface area (Å²) in [6.07, 6.45) is 2.53. The fourth-order valence-electron chi connectivity index (χ4n) is 2.57. The van der Waals surface area contributed by atoms with Crippen molar-refractivity contribution < 1.29 is 9.90 Å². The van der Waals surface area contributed by atoms with Crippen molar-refractivity contribution in [2.75, 3.05) is 6.54 Å². The number of carbonyl (C=O) groups is 1. The van der Waals surface area contributed by atoms with Gasteiger partial charge < -0.3 is 10.4 Å². The Morgan fingerprint density at radius 1 is 1.30 bits per heavy atom. The van der Waals surface area contributed by atoms with Crippen LogP contribution in [0.25, 0.3) is 0 Å². The van der Waals surface area contributed by atoms with Crippen LogP contribution < -0.4 is 5.32 Å². The lowest BCUT2D eigenvalue weighted by atomic mass is 9.77. The van der Waals surface area contributed by atoms with Crippen molar-refractivity contribution in [1.29, 1.82) is 0 Å². The van der Waals surface area contributed by atoms with Crippen LogP contribution in [0.1, 0.15) is 33.1 Å². The summed E-state index contributed by atoms with van der Waals surface area (Å²) in [4.78, 5) is 14.9. The van der Waals surface area contributed by atoms with E-state index in [2.05, 4.69) is 34.6 Å². The number of aromatic carboxylic acids is 1. The van der Waals surface area contributed by atoms with Crippen LogP contribution in [0.4, 0.5) is 0 Å². The number of aromatic nitrogens is 1. The summed E-state index contributed by atoms with van der Waals surface area (Å²) in [6, 6.07) is 11.9. The molecule has 0 saturated heterocycles. The van der Waals surface area contributed by atoms with Gasteiger partial charge in [-0.25, -0.2) is 4.79 Å². The average Bonchev–Trinajstić information content (AvgIpc) is 2.44. The minimum absolute atomic E-state index is 0.224. The molecule has 4 heteroatoms. The number of nitrogens with zero attached hydrogens (tertiary/aromatic N) is 1. The summed E-state index contributed by atoms with van der Waals surface area (Å²) in [5, 5.41) is 12.2. The topological polar surface area (TPSA) is 62.2 Å². The summed E-state index contributed by atoms with van der Waals surface area (Å²) < 4.78 is 0. The number of hydrogen-bond acceptors (Lipinski definition) is 3. The zero-order valence-corrected chi connectivity index (χ0v) is 11.0. The van der Waals surface area contributed by atoms with E-state index in [1.807, 2.05) is 0 Å². The molecule has 1 aromatic heterocycles. The molecule has 1 aliphatic carbocycles. The third-order valence-corrected chi connectivity index (χ3v) is 3.73. The van der Waals surface area contributed by atoms with Crippen molar-refractivity contribution in [2.24, 2.45) is 0 Å². The van der Waals surface area contributed by atoms with E-state index in [1.165, 1.54) is 17.3 Å². The number of carboxylic acid groups (broad SMARTS) is 1. The molecule has 3 rings (SSSR count). The summed E-state index contributed by atoms with van der Waals surface area (Å²) >= 11 is 0. The molecule has 0 fully saturated rings. The quantitative estimate of drug-likeness (QED) is 0.872. The maximum absolute atomic E-state index is 10.7. The number of pyridine rings is 1. The molecule has 0 amide bonds. The van der Waals surface area contributed by atoms with Crippen LogP contribution in [0, 0.1) is 0 Å². The zero-order valence-electron chi connectivity index (χ0n) is 11.0. The fourth-order valence-corrected chi connectivity index (χ4v) is 2.57. The van der Waals surface area contributed by atoms with Crippen molar-refractivity contribution >= 4 is 5.97 Å². The second-order valence-electron chi connectivity index (χ2n) is 5.07. The van der Waals surface area contributed by atoms with Gasteiger partial charge in [0.15, 0.2) is 0 Å². The minimum atomic E-state index is -0.942. The maximum atomic E-state index is 10.7. The first kappa shape index (κ1) is 12.8. The Balaban J connectivity index is 1.50. The van der Waals surface area contributed by atoms with Crippen LogP contribution in [0.3, 0.4) is 0 Å². The Labute approximate surface area is 117 Å². The van der Waals surface area contributed by atoms with Gasteiger partial charge in [0.25, 0.3) is 0 Å². The summed E-state index contributed by atoms with van der Waals surface area (Å²) in [5.41, 5.74) is 3.97. The number of fused-ring (bicyclic) bond motifs is 1. The van der Waals surface area contributed by atoms with Gasteiger partial charge in [-0.05, 0) is 29.7 Å². The van der Waals surface area contributed by atoms with E-state index < -0.39 is 5.97 Å². The predicted octanol–water partition coefficient (Wildman–Crippen LogP) is 2.21. The van der Waals surface area contributed by atoms with E-state index in [9.17, 15) is 4.79 Å². The van der Waals surface area contributed by atoms with Crippen LogP contribution in [0.2, 0.25) is 0 Å². The van der Waals surface area contributed by atoms with E-state index in [1.54, 1.807) is 12.1 Å². The molecule has 4 nitrogen and oxygen atoms in total. The smallest absolute Gasteiger partial charge is 0.337 e. The fraction of sp³-hybridized carbons (Fsp3) is 0.250. The molecule has 0 aliphatic heterocycles. The molecule has 1 atom stereocenters. The maximum Gasteiger partial charge on any atom is 0.337 e. The molecule has 1 aromatic carbocycles. The third-order valence-electron chi connectivity index (χ3n) is 3.73. The normalized spacial score (nSPS) is 16.3. The van der Waals surface area contributed by atoms with Crippen LogP contribution in [0.5, 0.6) is 0 Å². The van der Waals surface area contributed by atoms with Crippen molar-refractivity contribution in [3.05, 3.63) is 65.0 Å². The first-order chi connectivity index (χ1) is 9.74. The van der Waals surface area contributed by atoms with Crippen LogP contribution in [0.15, 0.2) is 42.6 Å². The molecular formula is C16H16N2O2. The highest BCUT2D eigenvalue weighted by atomic mass is 16.4. The Bertz CT molecular complexity index is 623. The predicted molar refractivity (Wildman–Crippen MR) is 75.8 cm³/mol. The Morgan fingerprint density at radius 3 is 2.85 bits per heavy atom. The second-order valence-corrected chi connectivity index (χ2v) is 5.07. The van der Waals surface area contributed by atoms with E-state index >= 15 is 0 Å². The number of carboxylic acids is 1. The standard InChI is InChI=1S/C16H16N2O2/c19-16(20)12-5-6-14(18-9-12)10-17-8-13-7-11-3-1-2-4-15(11)13/h1-6,9,13,17H,7-8,10H2,(H,19,20). The number of benzene rings is 1. The highest BCUT2D eigenvalue weighted by Gasteiger charge is 2.24. The van der Waals surface area contributed by atoms with Gasteiger partial charge in [0.1, 0.15) is 0 Å². The van der Waals surface area contributed by atoms with E-state index in [4.69, 9.17) is 5.11 Å². The third kappa shape index (κ3) is 2.56. The molecule has 1 unspecified atom stereocenters. The molecule has 2 N–H and O–H groups in total. The SMILES string of the molecule is O=C(O)c1ccc(CNCC2Cc3ccccc32)nc1. The molecule has 2 aromatic rings. The van der Waals surface area contributed by atoms with E-state index in [0.717, 1.165) is 18.7 Å². The van der Waals surface area contributed by atoms with Crippen LogP contribution in [-0.4, -0.2) is 22.6 Å².